The first-order valence-corrected chi connectivity index (χ1v) is 6.72. The summed E-state index contributed by atoms with van der Waals surface area (Å²) in [5.41, 5.74) is 7.73. The molecule has 18 heavy (non-hydrogen) atoms. The summed E-state index contributed by atoms with van der Waals surface area (Å²) >= 11 is 0. The number of nitrogens with zero attached hydrogens (tertiary/aromatic N) is 1. The molecule has 0 bridgehead atoms. The summed E-state index contributed by atoms with van der Waals surface area (Å²) in [5.74, 6) is 0.309. The van der Waals surface area contributed by atoms with Gasteiger partial charge >= 0.3 is 0 Å². The molecular formula is C15H24N2O. The fourth-order valence-electron chi connectivity index (χ4n) is 1.91. The molecule has 1 amide bonds. The number of nitrogens with two attached hydrogens (primary N) is 1. The highest BCUT2D eigenvalue weighted by Crippen LogP contribution is 2.16. The Morgan fingerprint density at radius 2 is 2.00 bits per heavy atom. The van der Waals surface area contributed by atoms with Crippen LogP contribution >= 0.6 is 0 Å². The average Bonchev–Trinajstić information content (AvgIpc) is 2.39. The molecule has 0 radical (unpaired) electrons. The Morgan fingerprint density at radius 1 is 1.33 bits per heavy atom. The van der Waals surface area contributed by atoms with Gasteiger partial charge in [0.1, 0.15) is 0 Å². The Bertz CT molecular complexity index is 390. The van der Waals surface area contributed by atoms with Crippen LogP contribution in [0.4, 0.5) is 5.69 Å². The molecule has 1 rings (SSSR count). The van der Waals surface area contributed by atoms with Crippen LogP contribution in [0.3, 0.4) is 0 Å². The highest BCUT2D eigenvalue weighted by Gasteiger charge is 2.19. The smallest absolute Gasteiger partial charge is 0.225 e. The van der Waals surface area contributed by atoms with Gasteiger partial charge in [-0.05, 0) is 24.5 Å². The van der Waals surface area contributed by atoms with E-state index in [1.807, 2.05) is 43.0 Å². The number of benzene rings is 1. The molecule has 0 saturated heterocycles. The Balaban J connectivity index is 2.80. The van der Waals surface area contributed by atoms with Crippen LogP contribution in [0.5, 0.6) is 0 Å². The first-order valence-electron chi connectivity index (χ1n) is 6.72. The number of rotatable bonds is 6. The molecule has 0 spiro atoms. The molecule has 2 N–H and O–H groups in total. The van der Waals surface area contributed by atoms with Crippen LogP contribution in [0.25, 0.3) is 0 Å². The Hall–Kier alpha value is -1.51. The zero-order chi connectivity index (χ0) is 13.5. The minimum absolute atomic E-state index is 0.0847. The van der Waals surface area contributed by atoms with E-state index in [1.165, 1.54) is 0 Å². The van der Waals surface area contributed by atoms with Crippen molar-refractivity contribution in [3.05, 3.63) is 29.8 Å². The van der Waals surface area contributed by atoms with Crippen molar-refractivity contribution in [3.8, 4) is 0 Å². The van der Waals surface area contributed by atoms with Crippen molar-refractivity contribution >= 4 is 11.6 Å². The lowest BCUT2D eigenvalue weighted by atomic mass is 10.1. The van der Waals surface area contributed by atoms with Crippen LogP contribution in [0.2, 0.25) is 0 Å². The molecule has 1 aromatic carbocycles. The summed E-state index contributed by atoms with van der Waals surface area (Å²) < 4.78 is 0. The molecule has 3 heteroatoms. The van der Waals surface area contributed by atoms with Crippen LogP contribution in [0.1, 0.15) is 39.2 Å². The summed E-state index contributed by atoms with van der Waals surface area (Å²) in [6.07, 6.45) is 1.85. The molecule has 0 saturated carbocycles. The summed E-state index contributed by atoms with van der Waals surface area (Å²) in [5, 5.41) is 0. The second-order valence-electron chi connectivity index (χ2n) is 4.77. The molecule has 0 aromatic heterocycles. The van der Waals surface area contributed by atoms with Gasteiger partial charge in [-0.1, -0.05) is 39.0 Å². The van der Waals surface area contributed by atoms with Gasteiger partial charge in [0, 0.05) is 24.7 Å². The maximum Gasteiger partial charge on any atom is 0.225 e. The van der Waals surface area contributed by atoms with Gasteiger partial charge in [-0.25, -0.2) is 0 Å². The third-order valence-corrected chi connectivity index (χ3v) is 3.26. The van der Waals surface area contributed by atoms with Gasteiger partial charge in [0.15, 0.2) is 0 Å². The molecule has 3 nitrogen and oxygen atoms in total. The zero-order valence-electron chi connectivity index (χ0n) is 11.6. The van der Waals surface area contributed by atoms with E-state index in [0.29, 0.717) is 6.54 Å². The van der Waals surface area contributed by atoms with Gasteiger partial charge in [0.05, 0.1) is 0 Å². The van der Waals surface area contributed by atoms with E-state index in [-0.39, 0.29) is 11.8 Å². The maximum absolute atomic E-state index is 12.3. The summed E-state index contributed by atoms with van der Waals surface area (Å²) in [7, 11) is 0. The fourth-order valence-corrected chi connectivity index (χ4v) is 1.91. The Labute approximate surface area is 110 Å². The summed E-state index contributed by atoms with van der Waals surface area (Å²) in [4.78, 5) is 14.2. The van der Waals surface area contributed by atoms with Gasteiger partial charge in [0.25, 0.3) is 0 Å². The van der Waals surface area contributed by atoms with Crippen molar-refractivity contribution in [2.75, 3.05) is 12.3 Å². The van der Waals surface area contributed by atoms with Gasteiger partial charge in [-0.2, -0.15) is 0 Å². The van der Waals surface area contributed by atoms with Crippen molar-refractivity contribution < 1.29 is 4.79 Å². The molecule has 0 fully saturated rings. The van der Waals surface area contributed by atoms with E-state index in [1.54, 1.807) is 0 Å². The number of hydrogen-bond acceptors (Lipinski definition) is 2. The lowest BCUT2D eigenvalue weighted by Crippen LogP contribution is -2.35. The quantitative estimate of drug-likeness (QED) is 0.786. The lowest BCUT2D eigenvalue weighted by molar-refractivity contribution is -0.135. The van der Waals surface area contributed by atoms with Crippen LogP contribution in [-0.4, -0.2) is 17.4 Å². The summed E-state index contributed by atoms with van der Waals surface area (Å²) in [6.45, 7) is 7.52. The van der Waals surface area contributed by atoms with Crippen LogP contribution < -0.4 is 5.73 Å². The predicted molar refractivity (Wildman–Crippen MR) is 76.0 cm³/mol. The number of carbonyl (C=O) groups excluding carboxylic acids is 1. The van der Waals surface area contributed by atoms with E-state index in [4.69, 9.17) is 5.73 Å². The van der Waals surface area contributed by atoms with Gasteiger partial charge in [0.2, 0.25) is 5.91 Å². The maximum atomic E-state index is 12.3. The van der Waals surface area contributed by atoms with Crippen molar-refractivity contribution in [1.82, 2.24) is 4.90 Å². The van der Waals surface area contributed by atoms with E-state index >= 15 is 0 Å². The van der Waals surface area contributed by atoms with E-state index in [2.05, 4.69) is 6.92 Å². The first-order chi connectivity index (χ1) is 8.60. The molecule has 1 atom stereocenters. The SMILES string of the molecule is CCCN(Cc1ccccc1N)C(=O)C(C)CC. The highest BCUT2D eigenvalue weighted by molar-refractivity contribution is 5.78. The monoisotopic (exact) mass is 248 g/mol. The normalized spacial score (nSPS) is 12.2. The van der Waals surface area contributed by atoms with Crippen LogP contribution in [0.15, 0.2) is 24.3 Å². The van der Waals surface area contributed by atoms with Crippen molar-refractivity contribution in [3.63, 3.8) is 0 Å². The molecule has 0 aliphatic rings. The molecule has 100 valence electrons. The minimum Gasteiger partial charge on any atom is -0.398 e. The van der Waals surface area contributed by atoms with Gasteiger partial charge < -0.3 is 10.6 Å². The number of hydrogen-bond donors (Lipinski definition) is 1. The van der Waals surface area contributed by atoms with Gasteiger partial charge in [-0.15, -0.1) is 0 Å². The molecule has 1 unspecified atom stereocenters. The van der Waals surface area contributed by atoms with Crippen LogP contribution in [-0.2, 0) is 11.3 Å². The molecule has 1 aromatic rings. The van der Waals surface area contributed by atoms with Crippen molar-refractivity contribution in [2.24, 2.45) is 5.92 Å². The standard InChI is InChI=1S/C15H24N2O/c1-4-10-17(15(18)12(3)5-2)11-13-8-6-7-9-14(13)16/h6-9,12H,4-5,10-11,16H2,1-3H3. The summed E-state index contributed by atoms with van der Waals surface area (Å²) in [6, 6.07) is 7.75. The largest absolute Gasteiger partial charge is 0.398 e. The third kappa shape index (κ3) is 3.76. The Kier molecular flexibility index (Phi) is 5.69. The number of amides is 1. The average molecular weight is 248 g/mol. The zero-order valence-corrected chi connectivity index (χ0v) is 11.6. The molecule has 0 aliphatic heterocycles. The van der Waals surface area contributed by atoms with Gasteiger partial charge in [-0.3, -0.25) is 4.79 Å². The predicted octanol–water partition coefficient (Wildman–Crippen LogP) is 3.05. The highest BCUT2D eigenvalue weighted by atomic mass is 16.2. The second-order valence-corrected chi connectivity index (χ2v) is 4.77. The van der Waals surface area contributed by atoms with Crippen molar-refractivity contribution in [1.29, 1.82) is 0 Å². The number of anilines is 1. The molecule has 0 heterocycles. The topological polar surface area (TPSA) is 46.3 Å². The Morgan fingerprint density at radius 3 is 2.56 bits per heavy atom. The van der Waals surface area contributed by atoms with E-state index in [9.17, 15) is 4.79 Å². The second kappa shape index (κ2) is 7.04. The third-order valence-electron chi connectivity index (χ3n) is 3.26. The minimum atomic E-state index is 0.0847. The number of carbonyl (C=O) groups is 1. The van der Waals surface area contributed by atoms with Crippen LogP contribution in [0, 0.1) is 5.92 Å². The number of para-hydroxylation sites is 1. The molecule has 0 aliphatic carbocycles. The number of nitrogen functional groups attached to an aromatic ring is 1. The first kappa shape index (κ1) is 14.6. The van der Waals surface area contributed by atoms with E-state index in [0.717, 1.165) is 30.6 Å². The fraction of sp³-hybridized carbons (Fsp3) is 0.533. The van der Waals surface area contributed by atoms with Crippen molar-refractivity contribution in [2.45, 2.75) is 40.2 Å². The molecular weight excluding hydrogens is 224 g/mol. The van der Waals surface area contributed by atoms with E-state index < -0.39 is 0 Å². The lowest BCUT2D eigenvalue weighted by Gasteiger charge is -2.25.